The Bertz CT molecular complexity index is 386. The molecule has 1 fully saturated rings. The maximum Gasteiger partial charge on any atom is 0.334 e. The molecule has 0 radical (unpaired) electrons. The van der Waals surface area contributed by atoms with E-state index in [0.717, 1.165) is 39.0 Å². The van der Waals surface area contributed by atoms with E-state index < -0.39 is 12.1 Å². The normalized spacial score (nSPS) is 19.3. The highest BCUT2D eigenvalue weighted by Crippen LogP contribution is 2.21. The zero-order chi connectivity index (χ0) is 13.7. The summed E-state index contributed by atoms with van der Waals surface area (Å²) in [6.07, 6.45) is 4.41. The highest BCUT2D eigenvalue weighted by atomic mass is 16.5. The van der Waals surface area contributed by atoms with Gasteiger partial charge in [0.15, 0.2) is 6.10 Å². The second-order valence-electron chi connectivity index (χ2n) is 4.92. The van der Waals surface area contributed by atoms with E-state index in [1.165, 1.54) is 7.11 Å². The first-order chi connectivity index (χ1) is 9.20. The van der Waals surface area contributed by atoms with E-state index in [1.807, 2.05) is 16.9 Å². The van der Waals surface area contributed by atoms with Gasteiger partial charge in [0.1, 0.15) is 0 Å². The number of ether oxygens (including phenoxy) is 1. The monoisotopic (exact) mass is 267 g/mol. The van der Waals surface area contributed by atoms with Crippen molar-refractivity contribution in [2.24, 2.45) is 5.92 Å². The fraction of sp³-hybridized carbons (Fsp3) is 0.692. The lowest BCUT2D eigenvalue weighted by Crippen LogP contribution is -2.41. The molecule has 1 atom stereocenters. The Kier molecular flexibility index (Phi) is 4.93. The molecule has 2 heterocycles. The van der Waals surface area contributed by atoms with E-state index >= 15 is 0 Å². The molecule has 1 aliphatic rings. The molecule has 0 aromatic carbocycles. The van der Waals surface area contributed by atoms with Gasteiger partial charge in [0.2, 0.25) is 0 Å². The van der Waals surface area contributed by atoms with Crippen molar-refractivity contribution in [1.29, 1.82) is 0 Å². The van der Waals surface area contributed by atoms with Crippen LogP contribution in [0.2, 0.25) is 0 Å². The molecule has 1 saturated heterocycles. The molecule has 1 N–H and O–H groups in total. The number of rotatable bonds is 5. The Morgan fingerprint density at radius 2 is 2.21 bits per heavy atom. The van der Waals surface area contributed by atoms with Gasteiger partial charge < -0.3 is 14.7 Å². The Balaban J connectivity index is 1.71. The van der Waals surface area contributed by atoms with E-state index in [-0.39, 0.29) is 5.92 Å². The highest BCUT2D eigenvalue weighted by molar-refractivity contribution is 5.74. The van der Waals surface area contributed by atoms with Gasteiger partial charge in [0.25, 0.3) is 0 Å². The maximum atomic E-state index is 11.3. The Hall–Kier alpha value is -1.40. The van der Waals surface area contributed by atoms with Crippen LogP contribution in [0.5, 0.6) is 0 Å². The van der Waals surface area contributed by atoms with Crippen LogP contribution in [0.1, 0.15) is 12.8 Å². The van der Waals surface area contributed by atoms with Crippen molar-refractivity contribution in [1.82, 2.24) is 14.7 Å². The van der Waals surface area contributed by atoms with Crippen LogP contribution in [0.3, 0.4) is 0 Å². The molecule has 0 spiro atoms. The van der Waals surface area contributed by atoms with E-state index in [0.29, 0.717) is 0 Å². The van der Waals surface area contributed by atoms with Crippen LogP contribution in [0.4, 0.5) is 0 Å². The molecule has 6 nitrogen and oxygen atoms in total. The first-order valence-electron chi connectivity index (χ1n) is 6.66. The van der Waals surface area contributed by atoms with Crippen molar-refractivity contribution in [3.05, 3.63) is 18.5 Å². The van der Waals surface area contributed by atoms with E-state index in [9.17, 15) is 9.90 Å². The number of methoxy groups -OCH3 is 1. The standard InChI is InChI=1S/C13H21N3O3/c1-19-13(18)12(17)11-3-7-15(8-4-11)9-10-16-6-2-5-14-16/h2,5-6,11-12,17H,3-4,7-10H2,1H3/t12-/m0/s1. The first-order valence-corrected chi connectivity index (χ1v) is 6.66. The molecule has 1 aliphatic heterocycles. The quantitative estimate of drug-likeness (QED) is 0.768. The molecule has 1 aromatic heterocycles. The number of hydrogen-bond donors (Lipinski definition) is 1. The zero-order valence-electron chi connectivity index (χ0n) is 11.2. The highest BCUT2D eigenvalue weighted by Gasteiger charge is 2.30. The number of likely N-dealkylation sites (tertiary alicyclic amines) is 1. The smallest absolute Gasteiger partial charge is 0.334 e. The number of aliphatic hydroxyl groups is 1. The summed E-state index contributed by atoms with van der Waals surface area (Å²) in [5, 5.41) is 14.0. The lowest BCUT2D eigenvalue weighted by atomic mass is 9.91. The topological polar surface area (TPSA) is 67.6 Å². The number of nitrogens with zero attached hydrogens (tertiary/aromatic N) is 3. The second-order valence-corrected chi connectivity index (χ2v) is 4.92. The van der Waals surface area contributed by atoms with Crippen LogP contribution >= 0.6 is 0 Å². The summed E-state index contributed by atoms with van der Waals surface area (Å²) < 4.78 is 6.49. The fourth-order valence-electron chi connectivity index (χ4n) is 2.48. The van der Waals surface area contributed by atoms with Gasteiger partial charge in [-0.1, -0.05) is 0 Å². The lowest BCUT2D eigenvalue weighted by Gasteiger charge is -2.33. The van der Waals surface area contributed by atoms with Gasteiger partial charge in [-0.15, -0.1) is 0 Å². The number of piperidine rings is 1. The summed E-state index contributed by atoms with van der Waals surface area (Å²) in [4.78, 5) is 13.6. The molecular weight excluding hydrogens is 246 g/mol. The van der Waals surface area contributed by atoms with Gasteiger partial charge in [0, 0.05) is 18.9 Å². The molecule has 1 aromatic rings. The average molecular weight is 267 g/mol. The minimum absolute atomic E-state index is 0.0217. The number of aromatic nitrogens is 2. The molecule has 19 heavy (non-hydrogen) atoms. The molecule has 0 saturated carbocycles. The van der Waals surface area contributed by atoms with Crippen molar-refractivity contribution >= 4 is 5.97 Å². The van der Waals surface area contributed by atoms with Crippen LogP contribution in [0, 0.1) is 5.92 Å². The van der Waals surface area contributed by atoms with Gasteiger partial charge in [-0.05, 0) is 37.9 Å². The lowest BCUT2D eigenvalue weighted by molar-refractivity contribution is -0.154. The number of esters is 1. The second kappa shape index (κ2) is 6.68. The molecule has 6 heteroatoms. The minimum Gasteiger partial charge on any atom is -0.467 e. The molecule has 0 unspecified atom stereocenters. The van der Waals surface area contributed by atoms with Crippen molar-refractivity contribution in [3.8, 4) is 0 Å². The van der Waals surface area contributed by atoms with Crippen LogP contribution in [-0.2, 0) is 16.1 Å². The van der Waals surface area contributed by atoms with Gasteiger partial charge in [-0.2, -0.15) is 5.10 Å². The molecule has 0 amide bonds. The van der Waals surface area contributed by atoms with Crippen molar-refractivity contribution in [3.63, 3.8) is 0 Å². The van der Waals surface area contributed by atoms with Gasteiger partial charge >= 0.3 is 5.97 Å². The third-order valence-electron chi connectivity index (χ3n) is 3.73. The summed E-state index contributed by atoms with van der Waals surface area (Å²) in [7, 11) is 1.31. The summed E-state index contributed by atoms with van der Waals surface area (Å²) in [6, 6.07) is 1.92. The Morgan fingerprint density at radius 3 is 2.79 bits per heavy atom. The van der Waals surface area contributed by atoms with Gasteiger partial charge in [-0.25, -0.2) is 4.79 Å². The molecular formula is C13H21N3O3. The summed E-state index contributed by atoms with van der Waals surface area (Å²) in [6.45, 7) is 3.62. The van der Waals surface area contributed by atoms with Crippen LogP contribution in [0.15, 0.2) is 18.5 Å². The SMILES string of the molecule is COC(=O)[C@@H](O)C1CCN(CCn2cccn2)CC1. The zero-order valence-corrected chi connectivity index (χ0v) is 11.2. The molecule has 2 rings (SSSR count). The Morgan fingerprint density at radius 1 is 1.47 bits per heavy atom. The third kappa shape index (κ3) is 3.78. The molecule has 0 aliphatic carbocycles. The van der Waals surface area contributed by atoms with E-state index in [4.69, 9.17) is 0 Å². The summed E-state index contributed by atoms with van der Waals surface area (Å²) in [5.74, 6) is -0.497. The van der Waals surface area contributed by atoms with Gasteiger partial charge in [-0.3, -0.25) is 4.68 Å². The van der Waals surface area contributed by atoms with Crippen molar-refractivity contribution in [2.45, 2.75) is 25.5 Å². The molecule has 0 bridgehead atoms. The predicted molar refractivity (Wildman–Crippen MR) is 69.4 cm³/mol. The third-order valence-corrected chi connectivity index (χ3v) is 3.73. The van der Waals surface area contributed by atoms with E-state index in [2.05, 4.69) is 14.7 Å². The Labute approximate surface area is 113 Å². The van der Waals surface area contributed by atoms with Crippen LogP contribution in [-0.4, -0.2) is 58.6 Å². The van der Waals surface area contributed by atoms with Gasteiger partial charge in [0.05, 0.1) is 13.7 Å². The number of carbonyl (C=O) groups is 1. The number of hydrogen-bond acceptors (Lipinski definition) is 5. The van der Waals surface area contributed by atoms with Crippen LogP contribution in [0.25, 0.3) is 0 Å². The summed E-state index contributed by atoms with van der Waals surface area (Å²) in [5.41, 5.74) is 0. The van der Waals surface area contributed by atoms with Crippen molar-refractivity contribution < 1.29 is 14.6 Å². The average Bonchev–Trinajstić information content (AvgIpc) is 2.97. The first kappa shape index (κ1) is 14.0. The summed E-state index contributed by atoms with van der Waals surface area (Å²) >= 11 is 0. The van der Waals surface area contributed by atoms with Crippen LogP contribution < -0.4 is 0 Å². The maximum absolute atomic E-state index is 11.3. The predicted octanol–water partition coefficient (Wildman–Crippen LogP) is 0.129. The fourth-order valence-corrected chi connectivity index (χ4v) is 2.48. The van der Waals surface area contributed by atoms with Crippen molar-refractivity contribution in [2.75, 3.05) is 26.7 Å². The van der Waals surface area contributed by atoms with E-state index in [1.54, 1.807) is 6.20 Å². The number of carbonyl (C=O) groups excluding carboxylic acids is 1. The minimum atomic E-state index is -0.974. The largest absolute Gasteiger partial charge is 0.467 e. The molecule has 106 valence electrons. The number of aliphatic hydroxyl groups excluding tert-OH is 1.